The van der Waals surface area contributed by atoms with Gasteiger partial charge in [0.2, 0.25) is 10.4 Å². The molecule has 1 N–H and O–H groups in total. The molecule has 0 rings (SSSR count). The average molecular weight is 395 g/mol. The lowest BCUT2D eigenvalue weighted by Crippen LogP contribution is -2.58. The normalized spacial score (nSPS) is 15.1. The summed E-state index contributed by atoms with van der Waals surface area (Å²) in [7, 11) is 0. The summed E-state index contributed by atoms with van der Waals surface area (Å²) in [6.07, 6.45) is -1.30. The fourth-order valence-electron chi connectivity index (χ4n) is 1.75. The van der Waals surface area contributed by atoms with Crippen molar-refractivity contribution in [1.82, 2.24) is 5.32 Å². The van der Waals surface area contributed by atoms with Gasteiger partial charge >= 0.3 is 11.9 Å². The lowest BCUT2D eigenvalue weighted by atomic mass is 9.96. The van der Waals surface area contributed by atoms with Crippen LogP contribution in [-0.4, -0.2) is 39.9 Å². The summed E-state index contributed by atoms with van der Waals surface area (Å²) in [5, 5.41) is 11.8. The van der Waals surface area contributed by atoms with Gasteiger partial charge in [0, 0.05) is 0 Å². The molecule has 142 valence electrons. The highest BCUT2D eigenvalue weighted by Crippen LogP contribution is 2.19. The molecule has 2 atom stereocenters. The molecule has 9 heteroatoms. The molecule has 0 aromatic carbocycles. The van der Waals surface area contributed by atoms with E-state index < -0.39 is 45.8 Å². The van der Waals surface area contributed by atoms with Gasteiger partial charge in [-0.1, -0.05) is 44.0 Å². The van der Waals surface area contributed by atoms with Crippen molar-refractivity contribution in [3.8, 4) is 6.07 Å². The van der Waals surface area contributed by atoms with Crippen LogP contribution in [0, 0.1) is 17.2 Å². The molecule has 0 aromatic rings. The summed E-state index contributed by atoms with van der Waals surface area (Å²) in [5.74, 6) is -3.14. The van der Waals surface area contributed by atoms with Crippen LogP contribution in [0.2, 0.25) is 0 Å². The topological polar surface area (TPSA) is 105 Å². The maximum Gasteiger partial charge on any atom is 0.347 e. The maximum absolute atomic E-state index is 12.5. The smallest absolute Gasteiger partial charge is 0.347 e. The standard InChI is InChI=1S/C16H24Cl2N2O5/c1-7-16(8-19,14(23)25-15(4,5)6)20-12(21)10(9(2)3)24-13(22)11(17)18/h9-11H,7H2,1-6H3,(H,20,21). The molecule has 0 heterocycles. The Morgan fingerprint density at radius 1 is 1.20 bits per heavy atom. The monoisotopic (exact) mass is 394 g/mol. The third-order valence-electron chi connectivity index (χ3n) is 3.09. The van der Waals surface area contributed by atoms with Gasteiger partial charge in [0.1, 0.15) is 11.7 Å². The molecule has 0 aliphatic heterocycles. The maximum atomic E-state index is 12.5. The summed E-state index contributed by atoms with van der Waals surface area (Å²) in [6, 6.07) is 1.79. The molecule has 0 fully saturated rings. The van der Waals surface area contributed by atoms with Crippen LogP contribution >= 0.6 is 23.2 Å². The minimum Gasteiger partial charge on any atom is -0.457 e. The molecule has 1 amide bonds. The summed E-state index contributed by atoms with van der Waals surface area (Å²) in [5.41, 5.74) is -2.74. The van der Waals surface area contributed by atoms with Crippen LogP contribution in [0.4, 0.5) is 0 Å². The second kappa shape index (κ2) is 9.25. The van der Waals surface area contributed by atoms with E-state index in [2.05, 4.69) is 5.32 Å². The van der Waals surface area contributed by atoms with E-state index in [9.17, 15) is 19.6 Å². The van der Waals surface area contributed by atoms with Crippen LogP contribution in [0.15, 0.2) is 0 Å². The fourth-order valence-corrected chi connectivity index (χ4v) is 1.85. The predicted molar refractivity (Wildman–Crippen MR) is 92.8 cm³/mol. The van der Waals surface area contributed by atoms with E-state index in [1.54, 1.807) is 47.6 Å². The van der Waals surface area contributed by atoms with Gasteiger partial charge < -0.3 is 14.8 Å². The molecular weight excluding hydrogens is 371 g/mol. The number of ether oxygens (including phenoxy) is 2. The molecule has 2 unspecified atom stereocenters. The predicted octanol–water partition coefficient (Wildman–Crippen LogP) is 2.49. The number of carbonyl (C=O) groups is 3. The zero-order valence-electron chi connectivity index (χ0n) is 15.2. The summed E-state index contributed by atoms with van der Waals surface area (Å²) in [6.45, 7) is 9.74. The van der Waals surface area contributed by atoms with E-state index in [4.69, 9.17) is 32.7 Å². The number of amides is 1. The van der Waals surface area contributed by atoms with Gasteiger partial charge in [-0.25, -0.2) is 9.59 Å². The van der Waals surface area contributed by atoms with Crippen LogP contribution < -0.4 is 5.32 Å². The van der Waals surface area contributed by atoms with Gasteiger partial charge in [0.05, 0.1) is 0 Å². The fraction of sp³-hybridized carbons (Fsp3) is 0.750. The largest absolute Gasteiger partial charge is 0.457 e. The molecule has 7 nitrogen and oxygen atoms in total. The highest BCUT2D eigenvalue weighted by molar-refractivity contribution is 6.52. The molecule has 0 radical (unpaired) electrons. The first-order chi connectivity index (χ1) is 11.3. The van der Waals surface area contributed by atoms with Crippen LogP contribution in [0.1, 0.15) is 48.0 Å². The second-order valence-electron chi connectivity index (χ2n) is 6.76. The second-order valence-corrected chi connectivity index (χ2v) is 7.86. The van der Waals surface area contributed by atoms with Gasteiger partial charge in [-0.15, -0.1) is 0 Å². The van der Waals surface area contributed by atoms with Crippen LogP contribution in [-0.2, 0) is 23.9 Å². The van der Waals surface area contributed by atoms with Gasteiger partial charge in [0.25, 0.3) is 5.91 Å². The van der Waals surface area contributed by atoms with Crippen molar-refractivity contribution in [3.05, 3.63) is 0 Å². The van der Waals surface area contributed by atoms with Crippen LogP contribution in [0.3, 0.4) is 0 Å². The lowest BCUT2D eigenvalue weighted by Gasteiger charge is -2.31. The van der Waals surface area contributed by atoms with E-state index in [-0.39, 0.29) is 6.42 Å². The minimum atomic E-state index is -1.90. The number of hydrogen-bond donors (Lipinski definition) is 1. The Balaban J connectivity index is 5.47. The molecule has 0 saturated carbocycles. The Kier molecular flexibility index (Phi) is 8.69. The first-order valence-corrected chi connectivity index (χ1v) is 8.62. The molecule has 0 spiro atoms. The lowest BCUT2D eigenvalue weighted by molar-refractivity contribution is -0.165. The quantitative estimate of drug-likeness (QED) is 0.525. The summed E-state index contributed by atoms with van der Waals surface area (Å²) in [4.78, 5) is 35.0. The molecule has 0 aliphatic rings. The number of nitriles is 1. The zero-order chi connectivity index (χ0) is 20.0. The third kappa shape index (κ3) is 7.09. The zero-order valence-corrected chi connectivity index (χ0v) is 16.7. The first kappa shape index (κ1) is 23.5. The average Bonchev–Trinajstić information content (AvgIpc) is 2.47. The van der Waals surface area contributed by atoms with Gasteiger partial charge in [-0.2, -0.15) is 5.26 Å². The van der Waals surface area contributed by atoms with Crippen LogP contribution in [0.25, 0.3) is 0 Å². The van der Waals surface area contributed by atoms with Crippen LogP contribution in [0.5, 0.6) is 0 Å². The Morgan fingerprint density at radius 2 is 1.72 bits per heavy atom. The van der Waals surface area contributed by atoms with Crippen molar-refractivity contribution in [2.45, 2.75) is 70.0 Å². The van der Waals surface area contributed by atoms with Gasteiger partial charge in [-0.05, 0) is 33.1 Å². The van der Waals surface area contributed by atoms with Crippen molar-refractivity contribution >= 4 is 41.0 Å². The number of rotatable bonds is 7. The van der Waals surface area contributed by atoms with Gasteiger partial charge in [0.15, 0.2) is 6.10 Å². The number of halogens is 2. The molecule has 25 heavy (non-hydrogen) atoms. The van der Waals surface area contributed by atoms with E-state index in [1.807, 2.05) is 0 Å². The molecule has 0 aromatic heterocycles. The van der Waals surface area contributed by atoms with E-state index in [0.29, 0.717) is 0 Å². The van der Waals surface area contributed by atoms with Crippen molar-refractivity contribution < 1.29 is 23.9 Å². The Labute approximate surface area is 157 Å². The van der Waals surface area contributed by atoms with Gasteiger partial charge in [-0.3, -0.25) is 4.79 Å². The highest BCUT2D eigenvalue weighted by Gasteiger charge is 2.44. The van der Waals surface area contributed by atoms with E-state index >= 15 is 0 Å². The number of carbonyl (C=O) groups excluding carboxylic acids is 3. The number of esters is 2. The SMILES string of the molecule is CCC(C#N)(NC(=O)C(OC(=O)C(Cl)Cl)C(C)C)C(=O)OC(C)(C)C. The summed E-state index contributed by atoms with van der Waals surface area (Å²) < 4.78 is 10.2. The summed E-state index contributed by atoms with van der Waals surface area (Å²) >= 11 is 10.9. The van der Waals surface area contributed by atoms with E-state index in [0.717, 1.165) is 0 Å². The Hall–Kier alpha value is -1.52. The molecule has 0 bridgehead atoms. The Morgan fingerprint density at radius 3 is 2.04 bits per heavy atom. The van der Waals surface area contributed by atoms with Crippen molar-refractivity contribution in [2.24, 2.45) is 5.92 Å². The number of nitrogens with one attached hydrogen (secondary N) is 1. The Bertz CT molecular complexity index is 552. The highest BCUT2D eigenvalue weighted by atomic mass is 35.5. The number of alkyl halides is 2. The van der Waals surface area contributed by atoms with Crippen molar-refractivity contribution in [1.29, 1.82) is 5.26 Å². The first-order valence-electron chi connectivity index (χ1n) is 7.75. The number of hydrogen-bond acceptors (Lipinski definition) is 6. The van der Waals surface area contributed by atoms with E-state index in [1.165, 1.54) is 0 Å². The molecule has 0 aliphatic carbocycles. The number of nitrogens with zero attached hydrogens (tertiary/aromatic N) is 1. The van der Waals surface area contributed by atoms with Crippen molar-refractivity contribution in [3.63, 3.8) is 0 Å². The third-order valence-corrected chi connectivity index (χ3v) is 3.45. The van der Waals surface area contributed by atoms with Crippen molar-refractivity contribution in [2.75, 3.05) is 0 Å². The molecule has 0 saturated heterocycles. The minimum absolute atomic E-state index is 0.0312. The molecular formula is C16H24Cl2N2O5.